The van der Waals surface area contributed by atoms with Crippen LogP contribution in [0.25, 0.3) is 22.2 Å². The number of nitrogens with zero attached hydrogens (tertiary/aromatic N) is 3. The van der Waals surface area contributed by atoms with Crippen LogP contribution in [-0.2, 0) is 0 Å². The molecule has 0 aliphatic heterocycles. The number of amides is 1. The third-order valence-corrected chi connectivity index (χ3v) is 4.65. The van der Waals surface area contributed by atoms with Crippen molar-refractivity contribution in [1.82, 2.24) is 9.97 Å². The lowest BCUT2D eigenvalue weighted by Crippen LogP contribution is -2.26. The minimum absolute atomic E-state index is 0.0758. The van der Waals surface area contributed by atoms with Crippen LogP contribution < -0.4 is 4.90 Å². The highest BCUT2D eigenvalue weighted by molar-refractivity contribution is 6.14. The van der Waals surface area contributed by atoms with Crippen LogP contribution in [0.15, 0.2) is 79.1 Å². The van der Waals surface area contributed by atoms with Gasteiger partial charge < -0.3 is 4.90 Å². The molecule has 0 aliphatic rings. The van der Waals surface area contributed by atoms with Crippen LogP contribution in [0.1, 0.15) is 15.9 Å². The second-order valence-corrected chi connectivity index (χ2v) is 6.51. The van der Waals surface area contributed by atoms with Gasteiger partial charge in [0.05, 0.1) is 16.8 Å². The molecular weight excluding hydrogens is 334 g/mol. The molecule has 1 amide bonds. The Hall–Kier alpha value is -3.53. The Balaban J connectivity index is 1.86. The van der Waals surface area contributed by atoms with E-state index >= 15 is 0 Å². The Morgan fingerprint density at radius 1 is 0.926 bits per heavy atom. The number of benzene rings is 2. The number of aromatic nitrogens is 2. The minimum Gasteiger partial charge on any atom is -0.311 e. The molecule has 2 heterocycles. The minimum atomic E-state index is -0.0758. The van der Waals surface area contributed by atoms with Crippen molar-refractivity contribution in [3.63, 3.8) is 0 Å². The van der Waals surface area contributed by atoms with Gasteiger partial charge in [-0.05, 0) is 31.2 Å². The predicted molar refractivity (Wildman–Crippen MR) is 109 cm³/mol. The maximum Gasteiger partial charge on any atom is 0.258 e. The molecule has 27 heavy (non-hydrogen) atoms. The number of aryl methyl sites for hydroxylation is 1. The molecule has 0 radical (unpaired) electrons. The summed E-state index contributed by atoms with van der Waals surface area (Å²) in [7, 11) is 1.78. The van der Waals surface area contributed by atoms with Gasteiger partial charge in [0.15, 0.2) is 0 Å². The van der Waals surface area contributed by atoms with E-state index in [1.54, 1.807) is 24.3 Å². The molecule has 0 atom stereocenters. The third-order valence-electron chi connectivity index (χ3n) is 4.65. The van der Waals surface area contributed by atoms with Crippen molar-refractivity contribution in [2.45, 2.75) is 6.92 Å². The smallest absolute Gasteiger partial charge is 0.258 e. The molecule has 4 aromatic rings. The average Bonchev–Trinajstić information content (AvgIpc) is 2.73. The predicted octanol–water partition coefficient (Wildman–Crippen LogP) is 4.88. The monoisotopic (exact) mass is 353 g/mol. The van der Waals surface area contributed by atoms with Crippen molar-refractivity contribution in [3.05, 3.63) is 90.3 Å². The van der Waals surface area contributed by atoms with Crippen LogP contribution in [-0.4, -0.2) is 22.9 Å². The molecule has 132 valence electrons. The van der Waals surface area contributed by atoms with Gasteiger partial charge in [-0.3, -0.25) is 9.78 Å². The fourth-order valence-corrected chi connectivity index (χ4v) is 3.09. The molecule has 0 saturated heterocycles. The van der Waals surface area contributed by atoms with Crippen molar-refractivity contribution in [2.75, 3.05) is 11.9 Å². The first-order valence-corrected chi connectivity index (χ1v) is 8.78. The van der Waals surface area contributed by atoms with Gasteiger partial charge in [0.2, 0.25) is 0 Å². The van der Waals surface area contributed by atoms with E-state index < -0.39 is 0 Å². The molecule has 0 N–H and O–H groups in total. The van der Waals surface area contributed by atoms with Crippen LogP contribution in [0.2, 0.25) is 0 Å². The summed E-state index contributed by atoms with van der Waals surface area (Å²) < 4.78 is 0. The highest BCUT2D eigenvalue weighted by Crippen LogP contribution is 2.27. The molecule has 4 nitrogen and oxygen atoms in total. The number of anilines is 1. The van der Waals surface area contributed by atoms with Crippen molar-refractivity contribution in [3.8, 4) is 11.3 Å². The summed E-state index contributed by atoms with van der Waals surface area (Å²) in [6, 6.07) is 21.4. The molecule has 4 rings (SSSR count). The van der Waals surface area contributed by atoms with Gasteiger partial charge in [-0.2, -0.15) is 0 Å². The Bertz CT molecular complexity index is 1110. The zero-order chi connectivity index (χ0) is 18.8. The normalized spacial score (nSPS) is 10.7. The first-order valence-electron chi connectivity index (χ1n) is 8.78. The van der Waals surface area contributed by atoms with Crippen LogP contribution in [0.5, 0.6) is 0 Å². The number of para-hydroxylation sites is 1. The highest BCUT2D eigenvalue weighted by atomic mass is 16.2. The number of pyridine rings is 2. The number of fused-ring (bicyclic) bond motifs is 1. The molecular formula is C23H19N3O. The molecule has 2 aromatic carbocycles. The first kappa shape index (κ1) is 16.9. The molecule has 0 bridgehead atoms. The summed E-state index contributed by atoms with van der Waals surface area (Å²) >= 11 is 0. The van der Waals surface area contributed by atoms with Gasteiger partial charge in [-0.15, -0.1) is 0 Å². The second-order valence-electron chi connectivity index (χ2n) is 6.51. The lowest BCUT2D eigenvalue weighted by atomic mass is 10.0. The van der Waals surface area contributed by atoms with Crippen LogP contribution >= 0.6 is 0 Å². The van der Waals surface area contributed by atoms with Crippen LogP contribution in [0.4, 0.5) is 5.69 Å². The number of carbonyl (C=O) groups is 1. The van der Waals surface area contributed by atoms with E-state index in [1.165, 1.54) is 5.56 Å². The van der Waals surface area contributed by atoms with Crippen LogP contribution in [0.3, 0.4) is 0 Å². The van der Waals surface area contributed by atoms with E-state index in [0.29, 0.717) is 5.56 Å². The molecule has 0 saturated carbocycles. The Morgan fingerprint density at radius 2 is 1.63 bits per heavy atom. The standard InChI is InChI=1S/C23H19N3O/c1-16-7-9-17(10-8-16)22-15-20(19-5-3-4-6-21(19)25-22)23(27)26(2)18-11-13-24-14-12-18/h3-15H,1-2H3. The second kappa shape index (κ2) is 7.00. The zero-order valence-corrected chi connectivity index (χ0v) is 15.3. The topological polar surface area (TPSA) is 46.1 Å². The molecule has 4 heteroatoms. The summed E-state index contributed by atoms with van der Waals surface area (Å²) in [5.41, 5.74) is 5.21. The zero-order valence-electron chi connectivity index (χ0n) is 15.3. The Morgan fingerprint density at radius 3 is 2.37 bits per heavy atom. The fourth-order valence-electron chi connectivity index (χ4n) is 3.09. The average molecular weight is 353 g/mol. The third kappa shape index (κ3) is 3.29. The van der Waals surface area contributed by atoms with E-state index in [2.05, 4.69) is 24.0 Å². The highest BCUT2D eigenvalue weighted by Gasteiger charge is 2.18. The fraction of sp³-hybridized carbons (Fsp3) is 0.0870. The van der Waals surface area contributed by atoms with Gasteiger partial charge in [0, 0.05) is 36.1 Å². The summed E-state index contributed by atoms with van der Waals surface area (Å²) in [6.45, 7) is 2.05. The number of rotatable bonds is 3. The summed E-state index contributed by atoms with van der Waals surface area (Å²) in [5, 5.41) is 0.847. The summed E-state index contributed by atoms with van der Waals surface area (Å²) in [5.74, 6) is -0.0758. The molecule has 0 spiro atoms. The lowest BCUT2D eigenvalue weighted by molar-refractivity contribution is 0.0994. The quantitative estimate of drug-likeness (QED) is 0.527. The molecule has 0 aliphatic carbocycles. The van der Waals surface area contributed by atoms with Crippen molar-refractivity contribution in [1.29, 1.82) is 0 Å². The van der Waals surface area contributed by atoms with E-state index in [0.717, 1.165) is 27.8 Å². The molecule has 0 unspecified atom stereocenters. The largest absolute Gasteiger partial charge is 0.311 e. The van der Waals surface area contributed by atoms with Gasteiger partial charge >= 0.3 is 0 Å². The van der Waals surface area contributed by atoms with E-state index in [9.17, 15) is 4.79 Å². The SMILES string of the molecule is Cc1ccc(-c2cc(C(=O)N(C)c3ccncc3)c3ccccc3n2)cc1. The summed E-state index contributed by atoms with van der Waals surface area (Å²) in [4.78, 5) is 23.7. The van der Waals surface area contributed by atoms with Gasteiger partial charge in [0.25, 0.3) is 5.91 Å². The van der Waals surface area contributed by atoms with Crippen LogP contribution in [0, 0.1) is 6.92 Å². The van der Waals surface area contributed by atoms with Gasteiger partial charge in [-0.25, -0.2) is 4.98 Å². The number of hydrogen-bond acceptors (Lipinski definition) is 3. The lowest BCUT2D eigenvalue weighted by Gasteiger charge is -2.19. The van der Waals surface area contributed by atoms with E-state index in [1.807, 2.05) is 54.6 Å². The molecule has 2 aromatic heterocycles. The van der Waals surface area contributed by atoms with Gasteiger partial charge in [0.1, 0.15) is 0 Å². The van der Waals surface area contributed by atoms with Crippen molar-refractivity contribution in [2.24, 2.45) is 0 Å². The number of carbonyl (C=O) groups excluding carboxylic acids is 1. The maximum atomic E-state index is 13.3. The number of hydrogen-bond donors (Lipinski definition) is 0. The van der Waals surface area contributed by atoms with E-state index in [-0.39, 0.29) is 5.91 Å². The van der Waals surface area contributed by atoms with Crippen molar-refractivity contribution < 1.29 is 4.79 Å². The Labute approximate surface area is 158 Å². The first-order chi connectivity index (χ1) is 13.1. The van der Waals surface area contributed by atoms with Crippen molar-refractivity contribution >= 4 is 22.5 Å². The van der Waals surface area contributed by atoms with E-state index in [4.69, 9.17) is 4.98 Å². The summed E-state index contributed by atoms with van der Waals surface area (Å²) in [6.07, 6.45) is 3.36. The van der Waals surface area contributed by atoms with Gasteiger partial charge in [-0.1, -0.05) is 48.0 Å². The molecule has 0 fully saturated rings. The maximum absolute atomic E-state index is 13.3. The Kier molecular flexibility index (Phi) is 4.38.